The van der Waals surface area contributed by atoms with Crippen LogP contribution in [0.2, 0.25) is 0 Å². The van der Waals surface area contributed by atoms with Gasteiger partial charge in [0.1, 0.15) is 0 Å². The molecule has 2 saturated heterocycles. The van der Waals surface area contributed by atoms with Gasteiger partial charge in [-0.25, -0.2) is 4.98 Å². The van der Waals surface area contributed by atoms with E-state index < -0.39 is 0 Å². The van der Waals surface area contributed by atoms with Crippen molar-refractivity contribution in [1.82, 2.24) is 14.9 Å². The first-order valence-corrected chi connectivity index (χ1v) is 7.61. The summed E-state index contributed by atoms with van der Waals surface area (Å²) < 4.78 is 11.8. The number of methoxy groups -OCH3 is 1. The summed E-state index contributed by atoms with van der Waals surface area (Å²) >= 11 is 0. The van der Waals surface area contributed by atoms with Gasteiger partial charge in [0.05, 0.1) is 23.7 Å². The molecule has 2 aliphatic heterocycles. The van der Waals surface area contributed by atoms with Crippen LogP contribution in [0.1, 0.15) is 37.1 Å². The highest BCUT2D eigenvalue weighted by atomic mass is 16.5. The Morgan fingerprint density at radius 1 is 1.50 bits per heavy atom. The van der Waals surface area contributed by atoms with Crippen molar-refractivity contribution in [1.29, 1.82) is 0 Å². The van der Waals surface area contributed by atoms with Gasteiger partial charge in [-0.1, -0.05) is 0 Å². The fourth-order valence-corrected chi connectivity index (χ4v) is 3.55. The van der Waals surface area contributed by atoms with E-state index in [0.29, 0.717) is 0 Å². The monoisotopic (exact) mass is 279 g/mol. The SMILES string of the molecule is COC1CCCOC12CCN(Cc1nc[nH]c1C)CC2. The Labute approximate surface area is 120 Å². The molecule has 1 aromatic rings. The molecule has 1 unspecified atom stereocenters. The zero-order chi connectivity index (χ0) is 14.0. The highest BCUT2D eigenvalue weighted by Crippen LogP contribution is 2.37. The molecule has 0 saturated carbocycles. The standard InChI is InChI=1S/C15H25N3O2/c1-12-13(17-11-16-12)10-18-7-5-15(6-8-18)14(19-2)4-3-9-20-15/h11,14H,3-10H2,1-2H3,(H,16,17). The molecule has 3 heterocycles. The predicted octanol–water partition coefficient (Wildman–Crippen LogP) is 1.88. The number of nitrogens with one attached hydrogen (secondary N) is 1. The van der Waals surface area contributed by atoms with Gasteiger partial charge < -0.3 is 14.5 Å². The molecule has 2 aliphatic rings. The van der Waals surface area contributed by atoms with Crippen LogP contribution in [0.5, 0.6) is 0 Å². The van der Waals surface area contributed by atoms with Gasteiger partial charge in [-0.05, 0) is 32.6 Å². The normalized spacial score (nSPS) is 27.0. The van der Waals surface area contributed by atoms with Crippen molar-refractivity contribution in [3.63, 3.8) is 0 Å². The predicted molar refractivity (Wildman–Crippen MR) is 76.5 cm³/mol. The quantitative estimate of drug-likeness (QED) is 0.918. The number of imidazole rings is 1. The summed E-state index contributed by atoms with van der Waals surface area (Å²) in [6.45, 7) is 6.03. The molecule has 1 spiro atoms. The molecule has 5 heteroatoms. The van der Waals surface area contributed by atoms with Gasteiger partial charge in [-0.2, -0.15) is 0 Å². The average molecular weight is 279 g/mol. The number of rotatable bonds is 3. The number of piperidine rings is 1. The van der Waals surface area contributed by atoms with E-state index in [1.165, 1.54) is 5.69 Å². The number of H-pyrrole nitrogens is 1. The van der Waals surface area contributed by atoms with Crippen LogP contribution in [0.15, 0.2) is 6.33 Å². The minimum absolute atomic E-state index is 0.0376. The lowest BCUT2D eigenvalue weighted by Crippen LogP contribution is -2.55. The van der Waals surface area contributed by atoms with Gasteiger partial charge in [-0.15, -0.1) is 0 Å². The number of aryl methyl sites for hydroxylation is 1. The number of aromatic amines is 1. The van der Waals surface area contributed by atoms with Crippen molar-refractivity contribution >= 4 is 0 Å². The van der Waals surface area contributed by atoms with E-state index in [4.69, 9.17) is 9.47 Å². The van der Waals surface area contributed by atoms with Gasteiger partial charge >= 0.3 is 0 Å². The van der Waals surface area contributed by atoms with Crippen LogP contribution in [0, 0.1) is 6.92 Å². The van der Waals surface area contributed by atoms with Crippen LogP contribution in [0.25, 0.3) is 0 Å². The zero-order valence-corrected chi connectivity index (χ0v) is 12.5. The summed E-state index contributed by atoms with van der Waals surface area (Å²) in [6.07, 6.45) is 6.43. The van der Waals surface area contributed by atoms with Crippen molar-refractivity contribution < 1.29 is 9.47 Å². The molecule has 0 radical (unpaired) electrons. The first kappa shape index (κ1) is 14.0. The minimum Gasteiger partial charge on any atom is -0.378 e. The first-order chi connectivity index (χ1) is 9.73. The molecule has 3 rings (SSSR count). The Morgan fingerprint density at radius 2 is 2.30 bits per heavy atom. The van der Waals surface area contributed by atoms with Crippen LogP contribution < -0.4 is 0 Å². The van der Waals surface area contributed by atoms with Crippen LogP contribution in [0.3, 0.4) is 0 Å². The van der Waals surface area contributed by atoms with E-state index in [1.807, 2.05) is 7.11 Å². The van der Waals surface area contributed by atoms with Gasteiger partial charge in [0, 0.05) is 39.0 Å². The third-order valence-electron chi connectivity index (χ3n) is 4.88. The molecular weight excluding hydrogens is 254 g/mol. The smallest absolute Gasteiger partial charge is 0.0967 e. The second-order valence-corrected chi connectivity index (χ2v) is 6.03. The maximum Gasteiger partial charge on any atom is 0.0967 e. The summed E-state index contributed by atoms with van der Waals surface area (Å²) in [6, 6.07) is 0. The molecule has 20 heavy (non-hydrogen) atoms. The fourth-order valence-electron chi connectivity index (χ4n) is 3.55. The molecule has 0 aliphatic carbocycles. The van der Waals surface area contributed by atoms with Gasteiger partial charge in [0.25, 0.3) is 0 Å². The van der Waals surface area contributed by atoms with E-state index in [9.17, 15) is 0 Å². The molecule has 0 amide bonds. The Bertz CT molecular complexity index is 438. The lowest BCUT2D eigenvalue weighted by atomic mass is 9.82. The number of nitrogens with zero attached hydrogens (tertiary/aromatic N) is 2. The molecule has 1 atom stereocenters. The molecule has 0 bridgehead atoms. The highest BCUT2D eigenvalue weighted by Gasteiger charge is 2.44. The minimum atomic E-state index is -0.0376. The van der Waals surface area contributed by atoms with Crippen molar-refractivity contribution in [3.05, 3.63) is 17.7 Å². The Hall–Kier alpha value is -0.910. The third-order valence-corrected chi connectivity index (χ3v) is 4.88. The van der Waals surface area contributed by atoms with E-state index >= 15 is 0 Å². The number of hydrogen-bond donors (Lipinski definition) is 1. The summed E-state index contributed by atoms with van der Waals surface area (Å²) in [5.41, 5.74) is 2.30. The Balaban J connectivity index is 1.60. The van der Waals surface area contributed by atoms with Crippen molar-refractivity contribution in [3.8, 4) is 0 Å². The van der Waals surface area contributed by atoms with E-state index in [0.717, 1.165) is 57.6 Å². The van der Waals surface area contributed by atoms with Crippen molar-refractivity contribution in [2.75, 3.05) is 26.8 Å². The summed E-state index contributed by atoms with van der Waals surface area (Å²) in [4.78, 5) is 10.0. The van der Waals surface area contributed by atoms with Crippen molar-refractivity contribution in [2.24, 2.45) is 0 Å². The van der Waals surface area contributed by atoms with Crippen LogP contribution in [-0.2, 0) is 16.0 Å². The van der Waals surface area contributed by atoms with E-state index in [1.54, 1.807) is 6.33 Å². The van der Waals surface area contributed by atoms with E-state index in [2.05, 4.69) is 21.8 Å². The molecular formula is C15H25N3O2. The van der Waals surface area contributed by atoms with E-state index in [-0.39, 0.29) is 11.7 Å². The van der Waals surface area contributed by atoms with Crippen LogP contribution in [-0.4, -0.2) is 53.4 Å². The van der Waals surface area contributed by atoms with Gasteiger partial charge in [0.2, 0.25) is 0 Å². The highest BCUT2D eigenvalue weighted by molar-refractivity contribution is 5.09. The number of hydrogen-bond acceptors (Lipinski definition) is 4. The summed E-state index contributed by atoms with van der Waals surface area (Å²) in [5, 5.41) is 0. The molecule has 1 N–H and O–H groups in total. The lowest BCUT2D eigenvalue weighted by molar-refractivity contribution is -0.186. The summed E-state index contributed by atoms with van der Waals surface area (Å²) in [5.74, 6) is 0. The maximum atomic E-state index is 6.14. The average Bonchev–Trinajstić information content (AvgIpc) is 2.87. The lowest BCUT2D eigenvalue weighted by Gasteiger charge is -2.48. The maximum absolute atomic E-state index is 6.14. The number of likely N-dealkylation sites (tertiary alicyclic amines) is 1. The Morgan fingerprint density at radius 3 is 2.95 bits per heavy atom. The number of ether oxygens (including phenoxy) is 2. The fraction of sp³-hybridized carbons (Fsp3) is 0.800. The third kappa shape index (κ3) is 2.62. The van der Waals surface area contributed by atoms with Gasteiger partial charge in [0.15, 0.2) is 0 Å². The molecule has 2 fully saturated rings. The molecule has 5 nitrogen and oxygen atoms in total. The summed E-state index contributed by atoms with van der Waals surface area (Å²) in [7, 11) is 1.82. The largest absolute Gasteiger partial charge is 0.378 e. The molecule has 0 aromatic carbocycles. The van der Waals surface area contributed by atoms with Crippen LogP contribution >= 0.6 is 0 Å². The zero-order valence-electron chi connectivity index (χ0n) is 12.5. The van der Waals surface area contributed by atoms with Crippen LogP contribution in [0.4, 0.5) is 0 Å². The topological polar surface area (TPSA) is 50.4 Å². The van der Waals surface area contributed by atoms with Gasteiger partial charge in [-0.3, -0.25) is 4.90 Å². The molecule has 1 aromatic heterocycles. The van der Waals surface area contributed by atoms with Crippen molar-refractivity contribution in [2.45, 2.75) is 50.9 Å². The number of aromatic nitrogens is 2. The first-order valence-electron chi connectivity index (χ1n) is 7.61. The molecule has 112 valence electrons. The Kier molecular flexibility index (Phi) is 4.10. The second kappa shape index (κ2) is 5.84. The second-order valence-electron chi connectivity index (χ2n) is 6.03.